The molecule has 11 heteroatoms. The second-order valence-corrected chi connectivity index (χ2v) is 7.79. The molecule has 2 aliphatic rings. The van der Waals surface area contributed by atoms with Crippen molar-refractivity contribution in [2.24, 2.45) is 0 Å². The van der Waals surface area contributed by atoms with Crippen LogP contribution in [0.3, 0.4) is 0 Å². The molecule has 2 aromatic rings. The van der Waals surface area contributed by atoms with Crippen LogP contribution in [-0.4, -0.2) is 92.1 Å². The summed E-state index contributed by atoms with van der Waals surface area (Å²) in [6, 6.07) is 9.49. The number of hydrogen-bond donors (Lipinski definition) is 2. The molecular formula is C22H24BN2O8. The molecule has 0 bridgehead atoms. The number of ether oxygens (including phenoxy) is 2. The van der Waals surface area contributed by atoms with Crippen LogP contribution in [0.5, 0.6) is 23.0 Å². The van der Waals surface area contributed by atoms with E-state index in [0.717, 1.165) is 7.69 Å². The lowest BCUT2D eigenvalue weighted by Gasteiger charge is -2.36. The molecule has 33 heavy (non-hydrogen) atoms. The normalized spacial score (nSPS) is 15.9. The fraction of sp³-hybridized carbons (Fsp3) is 0.364. The third-order valence-corrected chi connectivity index (χ3v) is 5.47. The summed E-state index contributed by atoms with van der Waals surface area (Å²) in [5.41, 5.74) is 0.765. The average molecular weight is 455 g/mol. The fourth-order valence-corrected chi connectivity index (χ4v) is 3.54. The Bertz CT molecular complexity index is 956. The average Bonchev–Trinajstić information content (AvgIpc) is 2.79. The van der Waals surface area contributed by atoms with Crippen molar-refractivity contribution in [2.45, 2.75) is 12.2 Å². The van der Waals surface area contributed by atoms with Crippen molar-refractivity contribution in [2.75, 3.05) is 40.4 Å². The number of carbonyl (C=O) groups excluding carboxylic acids is 2. The van der Waals surface area contributed by atoms with Gasteiger partial charge < -0.3 is 38.8 Å². The molecule has 2 fully saturated rings. The summed E-state index contributed by atoms with van der Waals surface area (Å²) in [6.07, 6.45) is -0.984. The van der Waals surface area contributed by atoms with E-state index in [1.54, 1.807) is 24.3 Å². The van der Waals surface area contributed by atoms with E-state index >= 15 is 0 Å². The molecule has 1 radical (unpaired) electrons. The van der Waals surface area contributed by atoms with Gasteiger partial charge in [-0.05, 0) is 36.4 Å². The lowest BCUT2D eigenvalue weighted by molar-refractivity contribution is 0.00585. The topological polar surface area (TPSA) is 118 Å². The van der Waals surface area contributed by atoms with Gasteiger partial charge in [-0.25, -0.2) is 0 Å². The summed E-state index contributed by atoms with van der Waals surface area (Å²) >= 11 is 0. The number of likely N-dealkylation sites (tertiary alicyclic amines) is 2. The van der Waals surface area contributed by atoms with E-state index in [1.165, 1.54) is 36.2 Å². The highest BCUT2D eigenvalue weighted by atomic mass is 16.6. The van der Waals surface area contributed by atoms with Crippen LogP contribution in [-0.2, 0) is 0 Å². The summed E-state index contributed by atoms with van der Waals surface area (Å²) in [6.45, 7) is 1.17. The Labute approximate surface area is 191 Å². The molecule has 0 atom stereocenters. The number of β-amino-alcohol motifs (C(OH)–C–C–N with tert-alkyl or cyclic N) is 2. The quantitative estimate of drug-likeness (QED) is 0.547. The van der Waals surface area contributed by atoms with Crippen molar-refractivity contribution in [1.29, 1.82) is 0 Å². The smallest absolute Gasteiger partial charge is 0.524 e. The Kier molecular flexibility index (Phi) is 6.61. The minimum absolute atomic E-state index is 0.224. The van der Waals surface area contributed by atoms with Crippen LogP contribution in [0.25, 0.3) is 0 Å². The Hall–Kier alpha value is -3.44. The Morgan fingerprint density at radius 2 is 1.15 bits per heavy atom. The van der Waals surface area contributed by atoms with Crippen LogP contribution in [0.15, 0.2) is 36.4 Å². The molecule has 0 unspecified atom stereocenters. The van der Waals surface area contributed by atoms with Crippen LogP contribution >= 0.6 is 0 Å². The predicted octanol–water partition coefficient (Wildman–Crippen LogP) is 0.329. The van der Waals surface area contributed by atoms with Crippen LogP contribution < -0.4 is 18.8 Å². The molecular weight excluding hydrogens is 431 g/mol. The molecule has 2 aromatic carbocycles. The van der Waals surface area contributed by atoms with Gasteiger partial charge in [0.2, 0.25) is 0 Å². The zero-order valence-corrected chi connectivity index (χ0v) is 18.3. The van der Waals surface area contributed by atoms with Crippen molar-refractivity contribution in [3.8, 4) is 23.0 Å². The third kappa shape index (κ3) is 4.84. The van der Waals surface area contributed by atoms with Gasteiger partial charge in [-0.3, -0.25) is 9.59 Å². The molecule has 2 saturated heterocycles. The van der Waals surface area contributed by atoms with Gasteiger partial charge in [0, 0.05) is 37.3 Å². The predicted molar refractivity (Wildman–Crippen MR) is 117 cm³/mol. The van der Waals surface area contributed by atoms with Crippen LogP contribution in [0, 0.1) is 0 Å². The standard InChI is InChI=1S/C22H24BN2O8/c1-30-17-5-3-13(21(28)24-9-15(26)10-24)7-19(17)32-23-33-20-8-14(4-6-18(20)31-2)22(29)25-11-16(27)12-25/h3-8,15-16,26-27H,9-12H2,1-2H3. The number of methoxy groups -OCH3 is 2. The molecule has 0 aliphatic carbocycles. The zero-order chi connectivity index (χ0) is 23.5. The van der Waals surface area contributed by atoms with E-state index in [-0.39, 0.29) is 23.3 Å². The number of amides is 2. The van der Waals surface area contributed by atoms with Crippen molar-refractivity contribution in [1.82, 2.24) is 9.80 Å². The number of aliphatic hydroxyl groups is 2. The summed E-state index contributed by atoms with van der Waals surface area (Å²) < 4.78 is 21.8. The highest BCUT2D eigenvalue weighted by Crippen LogP contribution is 2.31. The summed E-state index contributed by atoms with van der Waals surface area (Å²) in [5, 5.41) is 18.9. The van der Waals surface area contributed by atoms with Crippen molar-refractivity contribution in [3.05, 3.63) is 47.5 Å². The van der Waals surface area contributed by atoms with E-state index in [0.29, 0.717) is 48.8 Å². The number of rotatable bonds is 8. The minimum Gasteiger partial charge on any atom is -0.524 e. The molecule has 4 rings (SSSR count). The first kappa shape index (κ1) is 22.7. The molecule has 2 amide bonds. The van der Waals surface area contributed by atoms with E-state index in [4.69, 9.17) is 18.8 Å². The minimum atomic E-state index is -0.492. The summed E-state index contributed by atoms with van der Waals surface area (Å²) in [7, 11) is 4.00. The van der Waals surface area contributed by atoms with Crippen LogP contribution in [0.1, 0.15) is 20.7 Å². The van der Waals surface area contributed by atoms with Gasteiger partial charge in [-0.1, -0.05) is 0 Å². The Balaban J connectivity index is 1.44. The van der Waals surface area contributed by atoms with Gasteiger partial charge in [0.25, 0.3) is 11.8 Å². The molecule has 0 aromatic heterocycles. The lowest BCUT2D eigenvalue weighted by Crippen LogP contribution is -2.53. The van der Waals surface area contributed by atoms with Crippen LogP contribution in [0.2, 0.25) is 0 Å². The number of nitrogens with zero attached hydrogens (tertiary/aromatic N) is 2. The Morgan fingerprint density at radius 1 is 0.758 bits per heavy atom. The SMILES string of the molecule is COc1ccc(C(=O)N2CC(O)C2)cc1O[B]Oc1cc(C(=O)N2CC(O)C2)ccc1OC. The second-order valence-electron chi connectivity index (χ2n) is 7.79. The molecule has 2 N–H and O–H groups in total. The number of carbonyl (C=O) groups is 2. The highest BCUT2D eigenvalue weighted by Gasteiger charge is 2.31. The number of benzene rings is 2. The molecule has 173 valence electrons. The summed E-state index contributed by atoms with van der Waals surface area (Å²) in [5.74, 6) is 0.843. The molecule has 0 spiro atoms. The number of aliphatic hydroxyl groups excluding tert-OH is 2. The monoisotopic (exact) mass is 455 g/mol. The largest absolute Gasteiger partial charge is 0.658 e. The van der Waals surface area contributed by atoms with E-state index in [1.807, 2.05) is 0 Å². The highest BCUT2D eigenvalue weighted by molar-refractivity contribution is 6.21. The van der Waals surface area contributed by atoms with Gasteiger partial charge >= 0.3 is 7.69 Å². The van der Waals surface area contributed by atoms with E-state index < -0.39 is 12.2 Å². The van der Waals surface area contributed by atoms with Crippen LogP contribution in [0.4, 0.5) is 0 Å². The maximum absolute atomic E-state index is 12.5. The van der Waals surface area contributed by atoms with Crippen molar-refractivity contribution < 1.29 is 38.6 Å². The number of hydrogen-bond acceptors (Lipinski definition) is 8. The second kappa shape index (κ2) is 9.59. The van der Waals surface area contributed by atoms with Gasteiger partial charge in [-0.15, -0.1) is 0 Å². The molecule has 2 aliphatic heterocycles. The van der Waals surface area contributed by atoms with Gasteiger partial charge in [0.1, 0.15) is 11.5 Å². The third-order valence-electron chi connectivity index (χ3n) is 5.47. The lowest BCUT2D eigenvalue weighted by atomic mass is 10.1. The fourth-order valence-electron chi connectivity index (χ4n) is 3.54. The molecule has 10 nitrogen and oxygen atoms in total. The Morgan fingerprint density at radius 3 is 1.48 bits per heavy atom. The van der Waals surface area contributed by atoms with Gasteiger partial charge in [0.15, 0.2) is 11.5 Å². The molecule has 0 saturated carbocycles. The first-order chi connectivity index (χ1) is 15.9. The van der Waals surface area contributed by atoms with Crippen molar-refractivity contribution in [3.63, 3.8) is 0 Å². The maximum atomic E-state index is 12.5. The van der Waals surface area contributed by atoms with E-state index in [9.17, 15) is 19.8 Å². The zero-order valence-electron chi connectivity index (χ0n) is 18.3. The summed E-state index contributed by atoms with van der Waals surface area (Å²) in [4.78, 5) is 28.1. The maximum Gasteiger partial charge on any atom is 0.658 e. The molecule has 2 heterocycles. The van der Waals surface area contributed by atoms with E-state index in [2.05, 4.69) is 0 Å². The van der Waals surface area contributed by atoms with Gasteiger partial charge in [-0.2, -0.15) is 0 Å². The van der Waals surface area contributed by atoms with Gasteiger partial charge in [0.05, 0.1) is 26.4 Å². The first-order valence-corrected chi connectivity index (χ1v) is 10.4. The van der Waals surface area contributed by atoms with Crippen molar-refractivity contribution >= 4 is 19.5 Å². The first-order valence-electron chi connectivity index (χ1n) is 10.4.